The van der Waals surface area contributed by atoms with Gasteiger partial charge in [-0.25, -0.2) is 0 Å². The van der Waals surface area contributed by atoms with Gasteiger partial charge in [-0.15, -0.1) is 0 Å². The van der Waals surface area contributed by atoms with Crippen molar-refractivity contribution in [2.45, 2.75) is 26.3 Å². The van der Waals surface area contributed by atoms with Crippen LogP contribution in [-0.2, 0) is 0 Å². The van der Waals surface area contributed by atoms with E-state index in [-0.39, 0.29) is 11.8 Å². The van der Waals surface area contributed by atoms with Crippen molar-refractivity contribution < 1.29 is 9.84 Å². The van der Waals surface area contributed by atoms with Crippen LogP contribution in [0.5, 0.6) is 11.5 Å². The van der Waals surface area contributed by atoms with Crippen molar-refractivity contribution in [1.82, 2.24) is 0 Å². The Balaban J connectivity index is 3.00. The first kappa shape index (κ1) is 11.9. The first-order chi connectivity index (χ1) is 7.06. The molecule has 0 saturated carbocycles. The SMILES string of the molecule is COc1cccc(O)c1[C@H](N)CC(C)C. The van der Waals surface area contributed by atoms with E-state index in [1.807, 2.05) is 6.07 Å². The number of hydrogen-bond donors (Lipinski definition) is 2. The van der Waals surface area contributed by atoms with Crippen molar-refractivity contribution in [1.29, 1.82) is 0 Å². The number of methoxy groups -OCH3 is 1. The zero-order valence-corrected chi connectivity index (χ0v) is 9.53. The molecular formula is C12H19NO2. The Kier molecular flexibility index (Phi) is 3.97. The lowest BCUT2D eigenvalue weighted by atomic mass is 9.96. The first-order valence-corrected chi connectivity index (χ1v) is 5.17. The number of phenolic OH excluding ortho intramolecular Hbond substituents is 1. The molecule has 0 radical (unpaired) electrons. The summed E-state index contributed by atoms with van der Waals surface area (Å²) < 4.78 is 5.19. The molecule has 0 saturated heterocycles. The van der Waals surface area contributed by atoms with E-state index in [1.165, 1.54) is 0 Å². The third kappa shape index (κ3) is 2.86. The summed E-state index contributed by atoms with van der Waals surface area (Å²) >= 11 is 0. The maximum atomic E-state index is 9.75. The highest BCUT2D eigenvalue weighted by Crippen LogP contribution is 2.34. The van der Waals surface area contributed by atoms with Crippen molar-refractivity contribution in [3.05, 3.63) is 23.8 Å². The topological polar surface area (TPSA) is 55.5 Å². The summed E-state index contributed by atoms with van der Waals surface area (Å²) in [6.07, 6.45) is 0.827. The number of nitrogens with two attached hydrogens (primary N) is 1. The van der Waals surface area contributed by atoms with Gasteiger partial charge >= 0.3 is 0 Å². The van der Waals surface area contributed by atoms with Crippen molar-refractivity contribution in [3.63, 3.8) is 0 Å². The van der Waals surface area contributed by atoms with Crippen LogP contribution in [0, 0.1) is 5.92 Å². The first-order valence-electron chi connectivity index (χ1n) is 5.17. The second kappa shape index (κ2) is 5.03. The minimum Gasteiger partial charge on any atom is -0.507 e. The predicted octanol–water partition coefficient (Wildman–Crippen LogP) is 2.45. The van der Waals surface area contributed by atoms with Crippen LogP contribution in [0.2, 0.25) is 0 Å². The fourth-order valence-electron chi connectivity index (χ4n) is 1.71. The molecule has 0 spiro atoms. The van der Waals surface area contributed by atoms with Gasteiger partial charge in [0.1, 0.15) is 11.5 Å². The average molecular weight is 209 g/mol. The monoisotopic (exact) mass is 209 g/mol. The molecule has 0 unspecified atom stereocenters. The normalized spacial score (nSPS) is 12.9. The largest absolute Gasteiger partial charge is 0.507 e. The van der Waals surface area contributed by atoms with Gasteiger partial charge in [-0.2, -0.15) is 0 Å². The number of benzene rings is 1. The molecule has 0 aliphatic heterocycles. The minimum absolute atomic E-state index is 0.179. The molecule has 1 aromatic carbocycles. The minimum atomic E-state index is -0.179. The highest BCUT2D eigenvalue weighted by molar-refractivity contribution is 5.45. The van der Waals surface area contributed by atoms with E-state index in [0.29, 0.717) is 17.2 Å². The molecule has 0 heterocycles. The quantitative estimate of drug-likeness (QED) is 0.800. The van der Waals surface area contributed by atoms with Gasteiger partial charge in [0.25, 0.3) is 0 Å². The van der Waals surface area contributed by atoms with E-state index in [0.717, 1.165) is 6.42 Å². The molecule has 0 bridgehead atoms. The molecule has 0 aromatic heterocycles. The summed E-state index contributed by atoms with van der Waals surface area (Å²) in [6, 6.07) is 5.02. The van der Waals surface area contributed by atoms with Gasteiger partial charge in [0, 0.05) is 6.04 Å². The van der Waals surface area contributed by atoms with Gasteiger partial charge in [0.2, 0.25) is 0 Å². The molecule has 3 N–H and O–H groups in total. The summed E-state index contributed by atoms with van der Waals surface area (Å²) in [5, 5.41) is 9.75. The summed E-state index contributed by atoms with van der Waals surface area (Å²) in [5.74, 6) is 1.36. The Hall–Kier alpha value is -1.22. The van der Waals surface area contributed by atoms with Gasteiger partial charge in [-0.05, 0) is 24.5 Å². The van der Waals surface area contributed by atoms with Crippen LogP contribution in [0.3, 0.4) is 0 Å². The Morgan fingerprint density at radius 3 is 2.60 bits per heavy atom. The number of hydrogen-bond acceptors (Lipinski definition) is 3. The Bertz CT molecular complexity index is 323. The van der Waals surface area contributed by atoms with Crippen molar-refractivity contribution in [3.8, 4) is 11.5 Å². The van der Waals surface area contributed by atoms with Crippen LogP contribution in [0.15, 0.2) is 18.2 Å². The number of rotatable bonds is 4. The Morgan fingerprint density at radius 1 is 1.40 bits per heavy atom. The second-order valence-corrected chi connectivity index (χ2v) is 4.13. The van der Waals surface area contributed by atoms with Gasteiger partial charge in [0.05, 0.1) is 12.7 Å². The molecule has 3 nitrogen and oxygen atoms in total. The molecule has 84 valence electrons. The van der Waals surface area contributed by atoms with Crippen LogP contribution < -0.4 is 10.5 Å². The van der Waals surface area contributed by atoms with Crippen LogP contribution in [0.1, 0.15) is 31.9 Å². The maximum Gasteiger partial charge on any atom is 0.127 e. The lowest BCUT2D eigenvalue weighted by molar-refractivity contribution is 0.385. The van der Waals surface area contributed by atoms with E-state index in [2.05, 4.69) is 13.8 Å². The average Bonchev–Trinajstić information content (AvgIpc) is 2.15. The molecule has 0 fully saturated rings. The Morgan fingerprint density at radius 2 is 2.07 bits per heavy atom. The molecule has 0 aliphatic carbocycles. The van der Waals surface area contributed by atoms with E-state index < -0.39 is 0 Å². The molecule has 1 aromatic rings. The lowest BCUT2D eigenvalue weighted by Crippen LogP contribution is -2.14. The van der Waals surface area contributed by atoms with Crippen molar-refractivity contribution >= 4 is 0 Å². The zero-order valence-electron chi connectivity index (χ0n) is 9.53. The van der Waals surface area contributed by atoms with Gasteiger partial charge in [-0.3, -0.25) is 0 Å². The predicted molar refractivity (Wildman–Crippen MR) is 61.0 cm³/mol. The van der Waals surface area contributed by atoms with Crippen molar-refractivity contribution in [2.24, 2.45) is 11.7 Å². The maximum absolute atomic E-state index is 9.75. The second-order valence-electron chi connectivity index (χ2n) is 4.13. The smallest absolute Gasteiger partial charge is 0.127 e. The van der Waals surface area contributed by atoms with Crippen LogP contribution >= 0.6 is 0 Å². The van der Waals surface area contributed by atoms with Crippen LogP contribution in [0.25, 0.3) is 0 Å². The van der Waals surface area contributed by atoms with E-state index in [1.54, 1.807) is 19.2 Å². The molecule has 0 aliphatic rings. The standard InChI is InChI=1S/C12H19NO2/c1-8(2)7-9(13)12-10(14)5-4-6-11(12)15-3/h4-6,8-9,14H,7,13H2,1-3H3/t9-/m1/s1. The van der Waals surface area contributed by atoms with Gasteiger partial charge in [-0.1, -0.05) is 19.9 Å². The lowest BCUT2D eigenvalue weighted by Gasteiger charge is -2.18. The third-order valence-corrected chi connectivity index (χ3v) is 2.36. The van der Waals surface area contributed by atoms with Crippen LogP contribution in [0.4, 0.5) is 0 Å². The number of phenols is 1. The molecule has 1 rings (SSSR count). The zero-order chi connectivity index (χ0) is 11.4. The fraction of sp³-hybridized carbons (Fsp3) is 0.500. The van der Waals surface area contributed by atoms with E-state index in [4.69, 9.17) is 10.5 Å². The van der Waals surface area contributed by atoms with Gasteiger partial charge in [0.15, 0.2) is 0 Å². The fourth-order valence-corrected chi connectivity index (χ4v) is 1.71. The third-order valence-electron chi connectivity index (χ3n) is 2.36. The number of ether oxygens (including phenoxy) is 1. The molecule has 3 heteroatoms. The molecule has 1 atom stereocenters. The summed E-state index contributed by atoms with van der Waals surface area (Å²) in [5.41, 5.74) is 6.74. The number of aromatic hydroxyl groups is 1. The molecular weight excluding hydrogens is 190 g/mol. The highest BCUT2D eigenvalue weighted by Gasteiger charge is 2.17. The molecule has 0 amide bonds. The Labute approximate surface area is 90.9 Å². The summed E-state index contributed by atoms with van der Waals surface area (Å²) in [7, 11) is 1.58. The highest BCUT2D eigenvalue weighted by atomic mass is 16.5. The molecule has 15 heavy (non-hydrogen) atoms. The van der Waals surface area contributed by atoms with Crippen LogP contribution in [-0.4, -0.2) is 12.2 Å². The van der Waals surface area contributed by atoms with E-state index >= 15 is 0 Å². The summed E-state index contributed by atoms with van der Waals surface area (Å²) in [4.78, 5) is 0. The summed E-state index contributed by atoms with van der Waals surface area (Å²) in [6.45, 7) is 4.21. The van der Waals surface area contributed by atoms with E-state index in [9.17, 15) is 5.11 Å². The van der Waals surface area contributed by atoms with Crippen molar-refractivity contribution in [2.75, 3.05) is 7.11 Å². The van der Waals surface area contributed by atoms with Gasteiger partial charge < -0.3 is 15.6 Å².